The van der Waals surface area contributed by atoms with Gasteiger partial charge in [0.2, 0.25) is 0 Å². The molecule has 2 aliphatic heterocycles. The van der Waals surface area contributed by atoms with Gasteiger partial charge in [0.05, 0.1) is 6.10 Å². The van der Waals surface area contributed by atoms with Crippen molar-refractivity contribution in [3.8, 4) is 0 Å². The third-order valence-corrected chi connectivity index (χ3v) is 4.85. The molecule has 0 radical (unpaired) electrons. The van der Waals surface area contributed by atoms with E-state index in [-0.39, 0.29) is 0 Å². The van der Waals surface area contributed by atoms with Crippen molar-refractivity contribution in [2.75, 3.05) is 45.9 Å². The number of ether oxygens (including phenoxy) is 1. The van der Waals surface area contributed by atoms with Gasteiger partial charge in [0.25, 0.3) is 0 Å². The minimum Gasteiger partial charge on any atom is -0.377 e. The zero-order chi connectivity index (χ0) is 14.2. The van der Waals surface area contributed by atoms with E-state index >= 15 is 0 Å². The summed E-state index contributed by atoms with van der Waals surface area (Å²) in [5.74, 6) is 0. The maximum absolute atomic E-state index is 5.88. The number of nitrogens with two attached hydrogens (primary N) is 1. The molecule has 2 atom stereocenters. The van der Waals surface area contributed by atoms with Crippen molar-refractivity contribution >= 4 is 0 Å². The fourth-order valence-corrected chi connectivity index (χ4v) is 3.62. The fraction of sp³-hybridized carbons (Fsp3) is 1.00. The van der Waals surface area contributed by atoms with Crippen molar-refractivity contribution < 1.29 is 4.74 Å². The van der Waals surface area contributed by atoms with E-state index in [9.17, 15) is 0 Å². The normalized spacial score (nSPS) is 28.2. The smallest absolute Gasteiger partial charge is 0.0702 e. The first-order chi connectivity index (χ1) is 9.83. The summed E-state index contributed by atoms with van der Waals surface area (Å²) >= 11 is 0. The minimum atomic E-state index is 0.487. The van der Waals surface area contributed by atoms with Crippen LogP contribution in [-0.4, -0.2) is 67.8 Å². The molecule has 0 aromatic rings. The van der Waals surface area contributed by atoms with Gasteiger partial charge in [0.15, 0.2) is 0 Å². The summed E-state index contributed by atoms with van der Waals surface area (Å²) in [6.07, 6.45) is 7.99. The lowest BCUT2D eigenvalue weighted by atomic mass is 10.1. The lowest BCUT2D eigenvalue weighted by molar-refractivity contribution is -0.00516. The Labute approximate surface area is 124 Å². The molecule has 0 spiro atoms. The highest BCUT2D eigenvalue weighted by molar-refractivity contribution is 4.78. The van der Waals surface area contributed by atoms with Crippen LogP contribution in [0.15, 0.2) is 0 Å². The predicted octanol–water partition coefficient (Wildman–Crippen LogP) is 1.69. The highest BCUT2D eigenvalue weighted by Crippen LogP contribution is 2.16. The van der Waals surface area contributed by atoms with E-state index in [4.69, 9.17) is 10.5 Å². The number of nitrogens with zero attached hydrogens (tertiary/aromatic N) is 2. The Bertz CT molecular complexity index is 256. The second kappa shape index (κ2) is 8.98. The van der Waals surface area contributed by atoms with E-state index in [0.717, 1.165) is 26.1 Å². The van der Waals surface area contributed by atoms with Crippen molar-refractivity contribution in [1.82, 2.24) is 9.80 Å². The van der Waals surface area contributed by atoms with Gasteiger partial charge in [0, 0.05) is 32.3 Å². The fourth-order valence-electron chi connectivity index (χ4n) is 3.62. The third-order valence-electron chi connectivity index (χ3n) is 4.85. The number of hydrogen-bond acceptors (Lipinski definition) is 4. The van der Waals surface area contributed by atoms with E-state index in [2.05, 4.69) is 16.7 Å². The molecule has 118 valence electrons. The van der Waals surface area contributed by atoms with Crippen LogP contribution in [0, 0.1) is 0 Å². The van der Waals surface area contributed by atoms with E-state index in [0.29, 0.717) is 12.1 Å². The molecule has 0 aromatic carbocycles. The van der Waals surface area contributed by atoms with Gasteiger partial charge in [-0.15, -0.1) is 0 Å². The maximum atomic E-state index is 5.88. The Morgan fingerprint density at radius 1 is 1.15 bits per heavy atom. The standard InChI is InChI=1S/C16H33N3O/c1-2-15(7-8-17)19-10-5-9-18(11-12-19)14-16-6-3-4-13-20-16/h15-16H,2-14,17H2,1H3. The molecular formula is C16H33N3O. The second-order valence-corrected chi connectivity index (χ2v) is 6.32. The Morgan fingerprint density at radius 2 is 2.05 bits per heavy atom. The van der Waals surface area contributed by atoms with Gasteiger partial charge in [-0.2, -0.15) is 0 Å². The lowest BCUT2D eigenvalue weighted by Crippen LogP contribution is -2.41. The van der Waals surface area contributed by atoms with Gasteiger partial charge in [0.1, 0.15) is 0 Å². The lowest BCUT2D eigenvalue weighted by Gasteiger charge is -2.31. The van der Waals surface area contributed by atoms with Crippen LogP contribution in [0.2, 0.25) is 0 Å². The van der Waals surface area contributed by atoms with Crippen LogP contribution in [0.25, 0.3) is 0 Å². The van der Waals surface area contributed by atoms with Crippen LogP contribution in [0.5, 0.6) is 0 Å². The molecule has 2 heterocycles. The summed E-state index contributed by atoms with van der Waals surface area (Å²) in [7, 11) is 0. The molecule has 0 bridgehead atoms. The summed E-state index contributed by atoms with van der Waals surface area (Å²) < 4.78 is 5.88. The average Bonchev–Trinajstić information content (AvgIpc) is 2.71. The Morgan fingerprint density at radius 3 is 2.75 bits per heavy atom. The molecule has 2 unspecified atom stereocenters. The van der Waals surface area contributed by atoms with Crippen molar-refractivity contribution in [3.63, 3.8) is 0 Å². The number of rotatable bonds is 6. The SMILES string of the molecule is CCC(CCN)N1CCCN(CC2CCCCO2)CC1. The summed E-state index contributed by atoms with van der Waals surface area (Å²) in [6, 6.07) is 0.686. The van der Waals surface area contributed by atoms with Gasteiger partial charge >= 0.3 is 0 Å². The quantitative estimate of drug-likeness (QED) is 0.805. The van der Waals surface area contributed by atoms with Crippen LogP contribution in [0.4, 0.5) is 0 Å². The minimum absolute atomic E-state index is 0.487. The van der Waals surface area contributed by atoms with Gasteiger partial charge in [-0.1, -0.05) is 6.92 Å². The summed E-state index contributed by atoms with van der Waals surface area (Å²) in [4.78, 5) is 5.28. The molecule has 2 saturated heterocycles. The van der Waals surface area contributed by atoms with Crippen LogP contribution >= 0.6 is 0 Å². The molecule has 0 saturated carbocycles. The monoisotopic (exact) mass is 283 g/mol. The van der Waals surface area contributed by atoms with E-state index in [1.54, 1.807) is 0 Å². The zero-order valence-corrected chi connectivity index (χ0v) is 13.2. The first kappa shape index (κ1) is 16.2. The van der Waals surface area contributed by atoms with Crippen molar-refractivity contribution in [3.05, 3.63) is 0 Å². The van der Waals surface area contributed by atoms with Gasteiger partial charge in [-0.25, -0.2) is 0 Å². The van der Waals surface area contributed by atoms with E-state index in [1.165, 1.54) is 58.3 Å². The molecule has 20 heavy (non-hydrogen) atoms. The van der Waals surface area contributed by atoms with E-state index < -0.39 is 0 Å². The number of hydrogen-bond donors (Lipinski definition) is 1. The molecule has 4 heteroatoms. The largest absolute Gasteiger partial charge is 0.377 e. The van der Waals surface area contributed by atoms with Crippen LogP contribution in [0.3, 0.4) is 0 Å². The Balaban J connectivity index is 1.76. The van der Waals surface area contributed by atoms with Crippen LogP contribution in [-0.2, 0) is 4.74 Å². The van der Waals surface area contributed by atoms with Gasteiger partial charge in [-0.05, 0) is 58.2 Å². The maximum Gasteiger partial charge on any atom is 0.0702 e. The van der Waals surface area contributed by atoms with Gasteiger partial charge in [-0.3, -0.25) is 9.80 Å². The van der Waals surface area contributed by atoms with Crippen molar-refractivity contribution in [2.24, 2.45) is 5.73 Å². The predicted molar refractivity (Wildman–Crippen MR) is 84.0 cm³/mol. The third kappa shape index (κ3) is 4.99. The van der Waals surface area contributed by atoms with Gasteiger partial charge < -0.3 is 10.5 Å². The molecule has 0 amide bonds. The summed E-state index contributed by atoms with van der Waals surface area (Å²) in [6.45, 7) is 10.1. The molecule has 2 N–H and O–H groups in total. The zero-order valence-electron chi connectivity index (χ0n) is 13.2. The topological polar surface area (TPSA) is 41.7 Å². The first-order valence-electron chi connectivity index (χ1n) is 8.61. The van der Waals surface area contributed by atoms with Crippen LogP contribution in [0.1, 0.15) is 45.4 Å². The van der Waals surface area contributed by atoms with Crippen LogP contribution < -0.4 is 5.73 Å². The van der Waals surface area contributed by atoms with E-state index in [1.807, 2.05) is 0 Å². The highest BCUT2D eigenvalue weighted by Gasteiger charge is 2.23. The molecule has 2 aliphatic rings. The molecule has 0 aliphatic carbocycles. The first-order valence-corrected chi connectivity index (χ1v) is 8.61. The average molecular weight is 283 g/mol. The summed E-state index contributed by atoms with van der Waals surface area (Å²) in [5.41, 5.74) is 5.75. The van der Waals surface area contributed by atoms with Crippen molar-refractivity contribution in [1.29, 1.82) is 0 Å². The molecule has 2 fully saturated rings. The van der Waals surface area contributed by atoms with Crippen molar-refractivity contribution in [2.45, 2.75) is 57.6 Å². The molecule has 2 rings (SSSR count). The second-order valence-electron chi connectivity index (χ2n) is 6.32. The molecule has 4 nitrogen and oxygen atoms in total. The summed E-state index contributed by atoms with van der Waals surface area (Å²) in [5, 5.41) is 0. The Kier molecular flexibility index (Phi) is 7.28. The molecule has 0 aromatic heterocycles. The highest BCUT2D eigenvalue weighted by atomic mass is 16.5. The molecular weight excluding hydrogens is 250 g/mol. The Hall–Kier alpha value is -0.160.